The minimum absolute atomic E-state index is 0.0914. The Kier molecular flexibility index (Phi) is 12.1. The van der Waals surface area contributed by atoms with Crippen LogP contribution in [-0.2, 0) is 42.7 Å². The van der Waals surface area contributed by atoms with Gasteiger partial charge in [-0.15, -0.1) is 0 Å². The van der Waals surface area contributed by atoms with Gasteiger partial charge < -0.3 is 38.3 Å². The van der Waals surface area contributed by atoms with Gasteiger partial charge in [0.05, 0.1) is 55.1 Å². The minimum Gasteiger partial charge on any atom is -0.460 e. The average molecular weight is 685 g/mol. The van der Waals surface area contributed by atoms with Crippen molar-refractivity contribution in [2.24, 2.45) is 11.8 Å². The van der Waals surface area contributed by atoms with E-state index in [0.717, 1.165) is 51.7 Å². The summed E-state index contributed by atoms with van der Waals surface area (Å²) in [4.78, 5) is 20.6. The molecule has 6 rings (SSSR count). The standard InChI is InChI=1S/C18H28O5.C16H26O4.C2H3ClO/c1-11(2)6-7-14-17(4,23-14)16-15(20-5)13(22-12(3)19)8-9-18(16)10-21-18;1-10(2)5-6-12-15(3,20-12)14-13(18-4)11(17)7-8-16(14)9-19-16;1-2(3)4/h6,13-16H,7-10H2,1-5H3;5,11-14,17H,6-9H2,1-4H3;1H3/t13-,14-,15-,16-,17+,18+;11-,12-,13-,14-,15+,16+;/m11./s1. The zero-order valence-corrected chi connectivity index (χ0v) is 30.7. The van der Waals surface area contributed by atoms with Gasteiger partial charge in [0.25, 0.3) is 0 Å². The van der Waals surface area contributed by atoms with Crippen LogP contribution in [0.25, 0.3) is 0 Å². The van der Waals surface area contributed by atoms with Crippen molar-refractivity contribution in [1.29, 1.82) is 0 Å². The molecule has 268 valence electrons. The molecule has 0 aromatic rings. The van der Waals surface area contributed by atoms with Crippen LogP contribution < -0.4 is 0 Å². The number of hydrogen-bond acceptors (Lipinski definition) is 10. The van der Waals surface area contributed by atoms with Crippen molar-refractivity contribution >= 4 is 22.8 Å². The highest BCUT2D eigenvalue weighted by atomic mass is 35.5. The summed E-state index contributed by atoms with van der Waals surface area (Å²) in [5.41, 5.74) is 1.82. The summed E-state index contributed by atoms with van der Waals surface area (Å²) >= 11 is 4.64. The summed E-state index contributed by atoms with van der Waals surface area (Å²) < 4.78 is 40.7. The van der Waals surface area contributed by atoms with Gasteiger partial charge in [-0.1, -0.05) is 23.3 Å². The third-order valence-corrected chi connectivity index (χ3v) is 10.8. The Balaban J connectivity index is 0.000000193. The van der Waals surface area contributed by atoms with Gasteiger partial charge in [0.15, 0.2) is 0 Å². The van der Waals surface area contributed by atoms with Gasteiger partial charge in [-0.3, -0.25) is 9.59 Å². The van der Waals surface area contributed by atoms with Gasteiger partial charge in [0.1, 0.15) is 29.0 Å². The highest BCUT2D eigenvalue weighted by Gasteiger charge is 2.73. The second-order valence-corrected chi connectivity index (χ2v) is 15.5. The summed E-state index contributed by atoms with van der Waals surface area (Å²) in [6.07, 6.45) is 8.99. The molecule has 4 saturated heterocycles. The molecule has 47 heavy (non-hydrogen) atoms. The summed E-state index contributed by atoms with van der Waals surface area (Å²) in [6, 6.07) is 0. The number of carbonyl (C=O) groups excluding carboxylic acids is 2. The van der Waals surface area contributed by atoms with Crippen molar-refractivity contribution in [3.05, 3.63) is 23.3 Å². The van der Waals surface area contributed by atoms with Gasteiger partial charge in [0.2, 0.25) is 5.24 Å². The predicted octanol–water partition coefficient (Wildman–Crippen LogP) is 5.45. The minimum atomic E-state index is -0.412. The number of carbonyl (C=O) groups is 2. The van der Waals surface area contributed by atoms with Crippen LogP contribution in [0.5, 0.6) is 0 Å². The first-order valence-electron chi connectivity index (χ1n) is 17.0. The van der Waals surface area contributed by atoms with Crippen LogP contribution in [0, 0.1) is 11.8 Å². The molecular formula is C36H57ClO10. The molecule has 0 amide bonds. The van der Waals surface area contributed by atoms with E-state index in [2.05, 4.69) is 65.3 Å². The molecular weight excluding hydrogens is 628 g/mol. The molecule has 0 unspecified atom stereocenters. The van der Waals surface area contributed by atoms with Gasteiger partial charge in [-0.05, 0) is 91.7 Å². The molecule has 4 heterocycles. The van der Waals surface area contributed by atoms with E-state index in [9.17, 15) is 14.7 Å². The predicted molar refractivity (Wildman–Crippen MR) is 177 cm³/mol. The van der Waals surface area contributed by atoms with Gasteiger partial charge in [0, 0.05) is 28.1 Å². The van der Waals surface area contributed by atoms with Crippen molar-refractivity contribution in [1.82, 2.24) is 0 Å². The first kappa shape index (κ1) is 38.4. The SMILES string of the molecule is CC(=O)Cl.CO[C@@H]1[C@H](O)CC[C@]2(CO2)[C@H]1[C@@]1(C)O[C@@H]1CC=C(C)C.CO[C@@H]1[C@H](OC(C)=O)CC[C@]2(CO2)[C@H]1[C@@]1(C)O[C@@H]1CC=C(C)C. The highest BCUT2D eigenvalue weighted by molar-refractivity contribution is 6.62. The quantitative estimate of drug-likeness (QED) is 0.145. The van der Waals surface area contributed by atoms with Crippen LogP contribution in [0.2, 0.25) is 0 Å². The molecule has 1 N–H and O–H groups in total. The summed E-state index contributed by atoms with van der Waals surface area (Å²) in [7, 11) is 3.37. The maximum atomic E-state index is 11.4. The van der Waals surface area contributed by atoms with Crippen molar-refractivity contribution in [3.63, 3.8) is 0 Å². The number of allylic oxidation sites excluding steroid dienone is 2. The highest BCUT2D eigenvalue weighted by Crippen LogP contribution is 2.60. The molecule has 12 atom stereocenters. The molecule has 2 saturated carbocycles. The lowest BCUT2D eigenvalue weighted by molar-refractivity contribution is -0.169. The van der Waals surface area contributed by atoms with E-state index in [0.29, 0.717) is 0 Å². The van der Waals surface area contributed by atoms with Crippen LogP contribution in [0.1, 0.15) is 93.9 Å². The maximum Gasteiger partial charge on any atom is 0.302 e. The lowest BCUT2D eigenvalue weighted by Crippen LogP contribution is -2.55. The van der Waals surface area contributed by atoms with E-state index in [1.54, 1.807) is 14.2 Å². The first-order valence-corrected chi connectivity index (χ1v) is 17.3. The van der Waals surface area contributed by atoms with Crippen LogP contribution in [0.15, 0.2) is 23.3 Å². The van der Waals surface area contributed by atoms with Crippen molar-refractivity contribution in [2.45, 2.75) is 153 Å². The zero-order chi connectivity index (χ0) is 34.9. The Hall–Kier alpha value is -1.37. The van der Waals surface area contributed by atoms with E-state index in [1.165, 1.54) is 25.0 Å². The Morgan fingerprint density at radius 1 is 0.787 bits per heavy atom. The fraction of sp³-hybridized carbons (Fsp3) is 0.833. The molecule has 0 aromatic heterocycles. The van der Waals surface area contributed by atoms with E-state index in [1.807, 2.05) is 0 Å². The fourth-order valence-electron chi connectivity index (χ4n) is 8.25. The normalized spacial score (nSPS) is 43.7. The van der Waals surface area contributed by atoms with Crippen LogP contribution in [0.3, 0.4) is 0 Å². The average Bonchev–Trinajstić information content (AvgIpc) is 3.84. The summed E-state index contributed by atoms with van der Waals surface area (Å²) in [5, 5.41) is 9.89. The Morgan fingerprint density at radius 3 is 1.55 bits per heavy atom. The van der Waals surface area contributed by atoms with Crippen molar-refractivity contribution in [2.75, 3.05) is 27.4 Å². The monoisotopic (exact) mass is 684 g/mol. The van der Waals surface area contributed by atoms with Gasteiger partial charge >= 0.3 is 5.97 Å². The van der Waals surface area contributed by atoms with Crippen molar-refractivity contribution < 1.29 is 47.9 Å². The molecule has 2 spiro atoms. The summed E-state index contributed by atoms with van der Waals surface area (Å²) in [5.74, 6) is -0.0422. The lowest BCUT2D eigenvalue weighted by atomic mass is 9.68. The molecule has 6 fully saturated rings. The number of ether oxygens (including phenoxy) is 7. The number of aliphatic hydroxyl groups is 1. The van der Waals surface area contributed by atoms with Crippen LogP contribution in [-0.4, -0.2) is 103 Å². The number of methoxy groups -OCH3 is 2. The van der Waals surface area contributed by atoms with E-state index in [4.69, 9.17) is 33.2 Å². The van der Waals surface area contributed by atoms with Gasteiger partial charge in [-0.2, -0.15) is 0 Å². The van der Waals surface area contributed by atoms with E-state index in [-0.39, 0.29) is 76.0 Å². The van der Waals surface area contributed by atoms with Crippen molar-refractivity contribution in [3.8, 4) is 0 Å². The smallest absolute Gasteiger partial charge is 0.302 e. The Bertz CT molecular complexity index is 1180. The molecule has 4 aliphatic heterocycles. The third kappa shape index (κ3) is 8.69. The van der Waals surface area contributed by atoms with Crippen LogP contribution in [0.4, 0.5) is 0 Å². The van der Waals surface area contributed by atoms with Gasteiger partial charge in [-0.25, -0.2) is 0 Å². The molecule has 10 nitrogen and oxygen atoms in total. The maximum absolute atomic E-state index is 11.4. The third-order valence-electron chi connectivity index (χ3n) is 10.8. The second-order valence-electron chi connectivity index (χ2n) is 14.9. The lowest BCUT2D eigenvalue weighted by Gasteiger charge is -2.42. The number of epoxide rings is 4. The second kappa shape index (κ2) is 14.9. The van der Waals surface area contributed by atoms with Crippen LogP contribution >= 0.6 is 11.6 Å². The number of rotatable bonds is 9. The molecule has 6 aliphatic rings. The topological polar surface area (TPSA) is 132 Å². The van der Waals surface area contributed by atoms with E-state index < -0.39 is 6.10 Å². The Labute approximate surface area is 285 Å². The largest absolute Gasteiger partial charge is 0.460 e. The Morgan fingerprint density at radius 2 is 1.19 bits per heavy atom. The first-order chi connectivity index (χ1) is 22.0. The number of halogens is 1. The zero-order valence-electron chi connectivity index (χ0n) is 29.9. The number of esters is 1. The summed E-state index contributed by atoms with van der Waals surface area (Å²) in [6.45, 7) is 17.0. The number of hydrogen-bond donors (Lipinski definition) is 1. The fourth-order valence-corrected chi connectivity index (χ4v) is 8.25. The number of aliphatic hydroxyl groups excluding tert-OH is 1. The molecule has 2 aliphatic carbocycles. The molecule has 0 aromatic carbocycles. The molecule has 0 bridgehead atoms. The molecule has 0 radical (unpaired) electrons. The van der Waals surface area contributed by atoms with E-state index >= 15 is 0 Å². The molecule has 11 heteroatoms.